The van der Waals surface area contributed by atoms with Crippen LogP contribution in [0.25, 0.3) is 0 Å². The van der Waals surface area contributed by atoms with Crippen LogP contribution in [0.4, 0.5) is 0 Å². The van der Waals surface area contributed by atoms with Crippen LogP contribution in [-0.2, 0) is 4.79 Å². The number of Topliss-reactive ketones (excluding diaryl/α,β-unsaturated/α-hetero) is 1. The third-order valence-electron chi connectivity index (χ3n) is 3.35. The molecule has 0 saturated carbocycles. The van der Waals surface area contributed by atoms with Gasteiger partial charge in [-0.05, 0) is 51.0 Å². The van der Waals surface area contributed by atoms with E-state index in [2.05, 4.69) is 20.4 Å². The fraction of sp³-hybridized carbons (Fsp3) is 0.643. The Morgan fingerprint density at radius 2 is 2.20 bits per heavy atom. The smallest absolute Gasteiger partial charge is 0.158 e. The highest BCUT2D eigenvalue weighted by atomic mass is 16.1. The molecule has 0 aromatic rings. The van der Waals surface area contributed by atoms with E-state index in [9.17, 15) is 4.79 Å². The van der Waals surface area contributed by atoms with Gasteiger partial charge in [0.1, 0.15) is 0 Å². The van der Waals surface area contributed by atoms with E-state index < -0.39 is 0 Å². The number of carbonyl (C=O) groups excluding carboxylic acids is 1. The Kier molecular flexibility index (Phi) is 4.31. The largest absolute Gasteiger partial charge is 0.295 e. The Hall–Kier alpha value is -0.850. The van der Waals surface area contributed by atoms with Gasteiger partial charge < -0.3 is 0 Å². The summed E-state index contributed by atoms with van der Waals surface area (Å²) < 4.78 is 0. The molecule has 0 amide bonds. The fourth-order valence-corrected chi connectivity index (χ4v) is 2.27. The molecule has 15 heavy (non-hydrogen) atoms. The zero-order valence-corrected chi connectivity index (χ0v) is 10.2. The van der Waals surface area contributed by atoms with E-state index in [-0.39, 0.29) is 0 Å². The quantitative estimate of drug-likeness (QED) is 0.634. The molecule has 1 nitrogen and oxygen atoms in total. The summed E-state index contributed by atoms with van der Waals surface area (Å²) in [5.41, 5.74) is 3.67. The van der Waals surface area contributed by atoms with Gasteiger partial charge in [-0.25, -0.2) is 0 Å². The minimum absolute atomic E-state index is 0.360. The molecule has 0 saturated heterocycles. The molecule has 84 valence electrons. The van der Waals surface area contributed by atoms with Crippen molar-refractivity contribution in [3.05, 3.63) is 23.3 Å². The van der Waals surface area contributed by atoms with Crippen LogP contribution in [0.5, 0.6) is 0 Å². The maximum absolute atomic E-state index is 11.6. The minimum atomic E-state index is 0.360. The van der Waals surface area contributed by atoms with Crippen molar-refractivity contribution in [3.63, 3.8) is 0 Å². The van der Waals surface area contributed by atoms with Crippen molar-refractivity contribution in [2.45, 2.75) is 52.9 Å². The molecule has 0 heterocycles. The van der Waals surface area contributed by atoms with Crippen molar-refractivity contribution in [3.8, 4) is 0 Å². The average Bonchev–Trinajstić information content (AvgIpc) is 2.17. The molecule has 0 aromatic carbocycles. The number of ketones is 1. The fourth-order valence-electron chi connectivity index (χ4n) is 2.27. The second-order valence-electron chi connectivity index (χ2n) is 4.82. The molecule has 1 atom stereocenters. The van der Waals surface area contributed by atoms with Gasteiger partial charge in [0, 0.05) is 6.42 Å². The minimum Gasteiger partial charge on any atom is -0.295 e. The Bertz CT molecular complexity index is 296. The monoisotopic (exact) mass is 206 g/mol. The lowest BCUT2D eigenvalue weighted by Crippen LogP contribution is -2.16. The third-order valence-corrected chi connectivity index (χ3v) is 3.35. The van der Waals surface area contributed by atoms with Crippen molar-refractivity contribution in [2.75, 3.05) is 0 Å². The average molecular weight is 206 g/mol. The van der Waals surface area contributed by atoms with Crippen LogP contribution in [-0.4, -0.2) is 5.78 Å². The van der Waals surface area contributed by atoms with Gasteiger partial charge >= 0.3 is 0 Å². The highest BCUT2D eigenvalue weighted by molar-refractivity contribution is 5.96. The van der Waals surface area contributed by atoms with E-state index in [0.29, 0.717) is 11.7 Å². The first-order valence-corrected chi connectivity index (χ1v) is 5.89. The van der Waals surface area contributed by atoms with E-state index in [0.717, 1.165) is 37.7 Å². The topological polar surface area (TPSA) is 17.1 Å². The summed E-state index contributed by atoms with van der Waals surface area (Å²) in [6.45, 7) is 10.2. The van der Waals surface area contributed by atoms with E-state index >= 15 is 0 Å². The van der Waals surface area contributed by atoms with E-state index in [1.807, 2.05) is 6.92 Å². The first-order chi connectivity index (χ1) is 7.02. The Labute approximate surface area is 93.3 Å². The van der Waals surface area contributed by atoms with E-state index in [4.69, 9.17) is 0 Å². The van der Waals surface area contributed by atoms with E-state index in [1.165, 1.54) is 11.1 Å². The second-order valence-corrected chi connectivity index (χ2v) is 4.82. The van der Waals surface area contributed by atoms with Crippen molar-refractivity contribution < 1.29 is 4.79 Å². The van der Waals surface area contributed by atoms with Gasteiger partial charge in [0.15, 0.2) is 5.78 Å². The predicted molar refractivity (Wildman–Crippen MR) is 64.8 cm³/mol. The summed E-state index contributed by atoms with van der Waals surface area (Å²) in [4.78, 5) is 11.6. The Morgan fingerprint density at radius 3 is 2.80 bits per heavy atom. The van der Waals surface area contributed by atoms with Crippen LogP contribution in [0.1, 0.15) is 52.9 Å². The molecule has 0 aliphatic heterocycles. The molecule has 1 unspecified atom stereocenters. The van der Waals surface area contributed by atoms with Gasteiger partial charge in [0.05, 0.1) is 0 Å². The van der Waals surface area contributed by atoms with Gasteiger partial charge in [-0.1, -0.05) is 18.1 Å². The van der Waals surface area contributed by atoms with Gasteiger partial charge in [-0.15, -0.1) is 6.58 Å². The summed E-state index contributed by atoms with van der Waals surface area (Å²) >= 11 is 0. The summed E-state index contributed by atoms with van der Waals surface area (Å²) in [6.07, 6.45) is 5.08. The normalized spacial score (nSPS) is 22.1. The Balaban J connectivity index is 2.60. The third kappa shape index (κ3) is 3.33. The molecule has 1 heteroatoms. The number of allylic oxidation sites excluding steroid dienone is 3. The summed E-state index contributed by atoms with van der Waals surface area (Å²) in [6, 6.07) is 0. The van der Waals surface area contributed by atoms with Crippen molar-refractivity contribution in [1.29, 1.82) is 0 Å². The standard InChI is InChI=1S/C14H22O/c1-10(2)6-5-7-13-11(3)8-9-14(15)12(13)4/h11H,1,5-9H2,2-4H3. The van der Waals surface area contributed by atoms with Crippen LogP contribution in [0.2, 0.25) is 0 Å². The molecule has 0 radical (unpaired) electrons. The van der Waals surface area contributed by atoms with Gasteiger partial charge in [-0.3, -0.25) is 4.79 Å². The Morgan fingerprint density at radius 1 is 1.53 bits per heavy atom. The molecule has 0 bridgehead atoms. The molecular weight excluding hydrogens is 184 g/mol. The number of carbonyl (C=O) groups is 1. The van der Waals surface area contributed by atoms with Crippen LogP contribution in [0.15, 0.2) is 23.3 Å². The van der Waals surface area contributed by atoms with Gasteiger partial charge in [0.25, 0.3) is 0 Å². The lowest BCUT2D eigenvalue weighted by atomic mass is 9.81. The summed E-state index contributed by atoms with van der Waals surface area (Å²) in [5, 5.41) is 0. The molecule has 0 spiro atoms. The highest BCUT2D eigenvalue weighted by Crippen LogP contribution is 2.31. The molecule has 0 fully saturated rings. The molecule has 1 rings (SSSR count). The maximum Gasteiger partial charge on any atom is 0.158 e. The molecular formula is C14H22O. The van der Waals surface area contributed by atoms with Crippen LogP contribution >= 0.6 is 0 Å². The van der Waals surface area contributed by atoms with Gasteiger partial charge in [0.2, 0.25) is 0 Å². The van der Waals surface area contributed by atoms with Crippen LogP contribution < -0.4 is 0 Å². The first-order valence-electron chi connectivity index (χ1n) is 5.89. The molecule has 1 aliphatic carbocycles. The number of hydrogen-bond acceptors (Lipinski definition) is 1. The lowest BCUT2D eigenvalue weighted by Gasteiger charge is -2.23. The zero-order valence-electron chi connectivity index (χ0n) is 10.2. The second kappa shape index (κ2) is 5.29. The summed E-state index contributed by atoms with van der Waals surface area (Å²) in [5.74, 6) is 0.964. The molecule has 1 aliphatic rings. The van der Waals surface area contributed by atoms with Crippen molar-refractivity contribution >= 4 is 5.78 Å². The number of hydrogen-bond donors (Lipinski definition) is 0. The summed E-state index contributed by atoms with van der Waals surface area (Å²) in [7, 11) is 0. The first kappa shape index (κ1) is 12.2. The van der Waals surface area contributed by atoms with Crippen LogP contribution in [0, 0.1) is 5.92 Å². The van der Waals surface area contributed by atoms with Crippen LogP contribution in [0.3, 0.4) is 0 Å². The number of rotatable bonds is 4. The van der Waals surface area contributed by atoms with Crippen molar-refractivity contribution in [2.24, 2.45) is 5.92 Å². The predicted octanol–water partition coefficient (Wildman–Crippen LogP) is 4.05. The SMILES string of the molecule is C=C(C)CCCC1=C(C)C(=O)CCC1C. The van der Waals surface area contributed by atoms with Crippen molar-refractivity contribution in [1.82, 2.24) is 0 Å². The van der Waals surface area contributed by atoms with E-state index in [1.54, 1.807) is 0 Å². The molecule has 0 N–H and O–H groups in total. The maximum atomic E-state index is 11.6. The zero-order chi connectivity index (χ0) is 11.4. The lowest BCUT2D eigenvalue weighted by molar-refractivity contribution is -0.116. The van der Waals surface area contributed by atoms with Gasteiger partial charge in [-0.2, -0.15) is 0 Å². The molecule has 0 aromatic heterocycles. The highest BCUT2D eigenvalue weighted by Gasteiger charge is 2.21.